The lowest BCUT2D eigenvalue weighted by Crippen LogP contribution is -2.14. The van der Waals surface area contributed by atoms with Gasteiger partial charge in [0.2, 0.25) is 0 Å². The second-order valence-electron chi connectivity index (χ2n) is 2.95. The van der Waals surface area contributed by atoms with Gasteiger partial charge in [-0.1, -0.05) is 0 Å². The van der Waals surface area contributed by atoms with Crippen LogP contribution in [0.5, 0.6) is 0 Å². The molecule has 0 unspecified atom stereocenters. The molecule has 2 aromatic rings. The molecule has 82 valence electrons. The normalized spacial score (nSPS) is 10.1. The topological polar surface area (TPSA) is 83.6 Å². The van der Waals surface area contributed by atoms with Crippen LogP contribution in [0.25, 0.3) is 0 Å². The molecule has 2 heterocycles. The summed E-state index contributed by atoms with van der Waals surface area (Å²) in [7, 11) is 0. The van der Waals surface area contributed by atoms with Gasteiger partial charge in [0.15, 0.2) is 0 Å². The van der Waals surface area contributed by atoms with Gasteiger partial charge in [-0.2, -0.15) is 0 Å². The predicted octanol–water partition coefficient (Wildman–Crippen LogP) is 0.777. The van der Waals surface area contributed by atoms with Crippen LogP contribution in [-0.2, 0) is 6.54 Å². The molecule has 0 aliphatic carbocycles. The van der Waals surface area contributed by atoms with E-state index in [1.54, 1.807) is 12.3 Å². The van der Waals surface area contributed by atoms with Crippen LogP contribution < -0.4 is 10.9 Å². The molecule has 16 heavy (non-hydrogen) atoms. The Morgan fingerprint density at radius 1 is 1.44 bits per heavy atom. The highest BCUT2D eigenvalue weighted by atomic mass is 127. The Morgan fingerprint density at radius 3 is 3.06 bits per heavy atom. The van der Waals surface area contributed by atoms with Crippen LogP contribution in [0.2, 0.25) is 0 Å². The molecule has 7 heteroatoms. The van der Waals surface area contributed by atoms with Crippen molar-refractivity contribution in [1.82, 2.24) is 19.9 Å². The number of halogens is 1. The summed E-state index contributed by atoms with van der Waals surface area (Å²) in [6, 6.07) is 1.80. The number of aromatic amines is 1. The molecule has 0 aromatic carbocycles. The molecule has 0 spiro atoms. The van der Waals surface area contributed by atoms with Gasteiger partial charge in [-0.3, -0.25) is 4.79 Å². The van der Waals surface area contributed by atoms with Crippen LogP contribution in [0.1, 0.15) is 5.69 Å². The molecular formula is C9H8IN5O. The highest BCUT2D eigenvalue weighted by molar-refractivity contribution is 14.1. The fourth-order valence-corrected chi connectivity index (χ4v) is 1.59. The average molecular weight is 329 g/mol. The first-order chi connectivity index (χ1) is 7.77. The SMILES string of the molecule is O=c1[nH]cnc(NCc2ccncn2)c1I. The fourth-order valence-electron chi connectivity index (χ4n) is 1.10. The number of nitrogens with one attached hydrogen (secondary N) is 2. The van der Waals surface area contributed by atoms with Crippen molar-refractivity contribution in [3.63, 3.8) is 0 Å². The number of hydrogen-bond acceptors (Lipinski definition) is 5. The summed E-state index contributed by atoms with van der Waals surface area (Å²) >= 11 is 1.95. The molecular weight excluding hydrogens is 321 g/mol. The lowest BCUT2D eigenvalue weighted by molar-refractivity contribution is 0.982. The van der Waals surface area contributed by atoms with E-state index in [-0.39, 0.29) is 5.56 Å². The van der Waals surface area contributed by atoms with Crippen molar-refractivity contribution in [2.24, 2.45) is 0 Å². The third kappa shape index (κ3) is 2.54. The van der Waals surface area contributed by atoms with Crippen LogP contribution in [-0.4, -0.2) is 19.9 Å². The molecule has 0 aliphatic rings. The average Bonchev–Trinajstić information content (AvgIpc) is 2.32. The van der Waals surface area contributed by atoms with Gasteiger partial charge in [0.05, 0.1) is 18.6 Å². The molecule has 2 aromatic heterocycles. The van der Waals surface area contributed by atoms with Crippen molar-refractivity contribution >= 4 is 28.4 Å². The van der Waals surface area contributed by atoms with E-state index < -0.39 is 0 Å². The molecule has 0 amide bonds. The van der Waals surface area contributed by atoms with E-state index >= 15 is 0 Å². The maximum absolute atomic E-state index is 11.3. The van der Waals surface area contributed by atoms with E-state index in [2.05, 4.69) is 25.3 Å². The van der Waals surface area contributed by atoms with E-state index in [1.165, 1.54) is 12.7 Å². The van der Waals surface area contributed by atoms with Gasteiger partial charge in [0.1, 0.15) is 15.7 Å². The Morgan fingerprint density at radius 2 is 2.31 bits per heavy atom. The Labute approximate surface area is 105 Å². The minimum absolute atomic E-state index is 0.152. The second kappa shape index (κ2) is 5.01. The van der Waals surface area contributed by atoms with E-state index in [0.717, 1.165) is 5.69 Å². The van der Waals surface area contributed by atoms with Gasteiger partial charge in [0, 0.05) is 6.20 Å². The van der Waals surface area contributed by atoms with Crippen LogP contribution in [0.4, 0.5) is 5.82 Å². The van der Waals surface area contributed by atoms with Gasteiger partial charge in [-0.05, 0) is 28.7 Å². The van der Waals surface area contributed by atoms with Crippen LogP contribution in [0.15, 0.2) is 29.7 Å². The number of H-pyrrole nitrogens is 1. The maximum Gasteiger partial charge on any atom is 0.266 e. The first-order valence-electron chi connectivity index (χ1n) is 4.49. The molecule has 0 radical (unpaired) electrons. The van der Waals surface area contributed by atoms with Gasteiger partial charge in [-0.15, -0.1) is 0 Å². The Bertz CT molecular complexity index is 527. The molecule has 6 nitrogen and oxygen atoms in total. The zero-order chi connectivity index (χ0) is 11.4. The van der Waals surface area contributed by atoms with Crippen molar-refractivity contribution < 1.29 is 0 Å². The van der Waals surface area contributed by atoms with Crippen molar-refractivity contribution in [3.05, 3.63) is 44.5 Å². The zero-order valence-corrected chi connectivity index (χ0v) is 10.3. The summed E-state index contributed by atoms with van der Waals surface area (Å²) in [6.07, 6.45) is 4.51. The molecule has 2 N–H and O–H groups in total. The third-order valence-corrected chi connectivity index (χ3v) is 2.88. The van der Waals surface area contributed by atoms with Crippen LogP contribution >= 0.6 is 22.6 Å². The highest BCUT2D eigenvalue weighted by Crippen LogP contribution is 2.09. The van der Waals surface area contributed by atoms with Crippen LogP contribution in [0.3, 0.4) is 0 Å². The van der Waals surface area contributed by atoms with Crippen molar-refractivity contribution in [3.8, 4) is 0 Å². The van der Waals surface area contributed by atoms with E-state index in [1.807, 2.05) is 22.6 Å². The number of nitrogens with zero attached hydrogens (tertiary/aromatic N) is 3. The molecule has 0 fully saturated rings. The molecule has 0 bridgehead atoms. The summed E-state index contributed by atoms with van der Waals surface area (Å²) in [4.78, 5) is 25.7. The number of hydrogen-bond donors (Lipinski definition) is 2. The number of rotatable bonds is 3. The van der Waals surface area contributed by atoms with Crippen molar-refractivity contribution in [2.45, 2.75) is 6.54 Å². The first-order valence-corrected chi connectivity index (χ1v) is 5.57. The van der Waals surface area contributed by atoms with Gasteiger partial charge in [0.25, 0.3) is 5.56 Å². The summed E-state index contributed by atoms with van der Waals surface area (Å²) < 4.78 is 0.536. The van der Waals surface area contributed by atoms with Gasteiger partial charge in [-0.25, -0.2) is 15.0 Å². The van der Waals surface area contributed by atoms with E-state index in [9.17, 15) is 4.79 Å². The minimum Gasteiger partial charge on any atom is -0.363 e. The molecule has 0 saturated carbocycles. The smallest absolute Gasteiger partial charge is 0.266 e. The lowest BCUT2D eigenvalue weighted by Gasteiger charge is -2.05. The number of aromatic nitrogens is 4. The van der Waals surface area contributed by atoms with Crippen molar-refractivity contribution in [2.75, 3.05) is 5.32 Å². The Balaban J connectivity index is 2.11. The van der Waals surface area contributed by atoms with Gasteiger partial charge >= 0.3 is 0 Å². The Hall–Kier alpha value is -1.51. The summed E-state index contributed by atoms with van der Waals surface area (Å²) in [5.41, 5.74) is 0.689. The molecule has 0 saturated heterocycles. The van der Waals surface area contributed by atoms with E-state index in [4.69, 9.17) is 0 Å². The Kier molecular flexibility index (Phi) is 3.44. The quantitative estimate of drug-likeness (QED) is 0.813. The van der Waals surface area contributed by atoms with Crippen LogP contribution in [0, 0.1) is 3.57 Å². The zero-order valence-electron chi connectivity index (χ0n) is 8.14. The largest absolute Gasteiger partial charge is 0.363 e. The molecule has 0 aliphatic heterocycles. The highest BCUT2D eigenvalue weighted by Gasteiger charge is 2.04. The van der Waals surface area contributed by atoms with Crippen molar-refractivity contribution in [1.29, 1.82) is 0 Å². The summed E-state index contributed by atoms with van der Waals surface area (Å²) in [6.45, 7) is 0.509. The molecule has 2 rings (SSSR count). The number of anilines is 1. The lowest BCUT2D eigenvalue weighted by atomic mass is 10.4. The third-order valence-electron chi connectivity index (χ3n) is 1.88. The first kappa shape index (κ1) is 11.0. The summed E-state index contributed by atoms with van der Waals surface area (Å²) in [5.74, 6) is 0.558. The summed E-state index contributed by atoms with van der Waals surface area (Å²) in [5, 5.41) is 3.04. The van der Waals surface area contributed by atoms with E-state index in [0.29, 0.717) is 15.9 Å². The standard InChI is InChI=1S/C9H8IN5O/c10-7-8(14-5-15-9(7)16)12-3-6-1-2-11-4-13-6/h1-2,4-5H,3H2,(H2,12,14,15,16). The molecule has 0 atom stereocenters. The predicted molar refractivity (Wildman–Crippen MR) is 66.9 cm³/mol. The van der Waals surface area contributed by atoms with Gasteiger partial charge < -0.3 is 10.3 Å². The fraction of sp³-hybridized carbons (Fsp3) is 0.111. The monoisotopic (exact) mass is 329 g/mol. The minimum atomic E-state index is -0.152. The second-order valence-corrected chi connectivity index (χ2v) is 4.03. The maximum atomic E-state index is 11.3.